The summed E-state index contributed by atoms with van der Waals surface area (Å²) in [5, 5.41) is 2.15. The quantitative estimate of drug-likeness (QED) is 0.775. The van der Waals surface area contributed by atoms with E-state index in [1.165, 1.54) is 11.8 Å². The Kier molecular flexibility index (Phi) is 2.81. The van der Waals surface area contributed by atoms with E-state index in [4.69, 9.17) is 4.42 Å². The highest BCUT2D eigenvalue weighted by Gasteiger charge is 2.27. The molecule has 2 heterocycles. The van der Waals surface area contributed by atoms with Crippen LogP contribution >= 0.6 is 11.8 Å². The number of carbonyl (C=O) groups is 2. The van der Waals surface area contributed by atoms with Crippen LogP contribution in [0.25, 0.3) is 0 Å². The van der Waals surface area contributed by atoms with Gasteiger partial charge in [-0.1, -0.05) is 0 Å². The van der Waals surface area contributed by atoms with Gasteiger partial charge >= 0.3 is 0 Å². The van der Waals surface area contributed by atoms with E-state index in [1.807, 2.05) is 13.0 Å². The first-order valence-electron chi connectivity index (χ1n) is 4.71. The van der Waals surface area contributed by atoms with Crippen molar-refractivity contribution in [3.63, 3.8) is 0 Å². The van der Waals surface area contributed by atoms with Crippen LogP contribution in [0, 0.1) is 6.92 Å². The van der Waals surface area contributed by atoms with Crippen molar-refractivity contribution in [2.45, 2.75) is 29.9 Å². The Morgan fingerprint density at radius 3 is 2.93 bits per heavy atom. The molecule has 1 aliphatic heterocycles. The summed E-state index contributed by atoms with van der Waals surface area (Å²) in [7, 11) is 0. The molecule has 0 spiro atoms. The molecule has 1 aromatic rings. The number of piperidine rings is 1. The van der Waals surface area contributed by atoms with Crippen LogP contribution in [0.2, 0.25) is 0 Å². The zero-order valence-corrected chi connectivity index (χ0v) is 9.10. The van der Waals surface area contributed by atoms with Gasteiger partial charge in [-0.05, 0) is 19.4 Å². The number of aryl methyl sites for hydroxylation is 1. The Morgan fingerprint density at radius 2 is 2.33 bits per heavy atom. The normalized spacial score (nSPS) is 21.5. The molecule has 1 unspecified atom stereocenters. The van der Waals surface area contributed by atoms with Crippen LogP contribution in [0.1, 0.15) is 18.6 Å². The van der Waals surface area contributed by atoms with Crippen molar-refractivity contribution in [2.75, 3.05) is 0 Å². The lowest BCUT2D eigenvalue weighted by Crippen LogP contribution is -2.42. The summed E-state index contributed by atoms with van der Waals surface area (Å²) >= 11 is 1.45. The summed E-state index contributed by atoms with van der Waals surface area (Å²) in [5.41, 5.74) is 0. The van der Waals surface area contributed by atoms with Gasteiger partial charge in [-0.2, -0.15) is 0 Å². The molecule has 0 bridgehead atoms. The van der Waals surface area contributed by atoms with E-state index in [0.29, 0.717) is 12.8 Å². The van der Waals surface area contributed by atoms with Crippen LogP contribution in [0.5, 0.6) is 0 Å². The van der Waals surface area contributed by atoms with E-state index in [0.717, 1.165) is 10.7 Å². The fourth-order valence-electron chi connectivity index (χ4n) is 1.43. The summed E-state index contributed by atoms with van der Waals surface area (Å²) in [5.74, 6) is 0.433. The molecule has 0 aromatic carbocycles. The summed E-state index contributed by atoms with van der Waals surface area (Å²) in [6, 6.07) is 1.84. The molecule has 0 radical (unpaired) electrons. The molecular formula is C10H11NO3S. The second-order valence-electron chi connectivity index (χ2n) is 3.40. The number of amides is 2. The Balaban J connectivity index is 2.04. The van der Waals surface area contributed by atoms with Gasteiger partial charge in [0.2, 0.25) is 11.8 Å². The van der Waals surface area contributed by atoms with Gasteiger partial charge in [0.25, 0.3) is 0 Å². The summed E-state index contributed by atoms with van der Waals surface area (Å²) in [6.07, 6.45) is 2.61. The van der Waals surface area contributed by atoms with Crippen LogP contribution in [-0.2, 0) is 9.59 Å². The number of hydrogen-bond donors (Lipinski definition) is 1. The third-order valence-corrected chi connectivity index (χ3v) is 3.68. The lowest BCUT2D eigenvalue weighted by atomic mass is 10.1. The van der Waals surface area contributed by atoms with Crippen molar-refractivity contribution in [1.29, 1.82) is 0 Å². The number of nitrogens with one attached hydrogen (secondary N) is 1. The number of hydrogen-bond acceptors (Lipinski definition) is 4. The number of rotatable bonds is 2. The molecule has 2 amide bonds. The van der Waals surface area contributed by atoms with Crippen molar-refractivity contribution in [1.82, 2.24) is 5.32 Å². The van der Waals surface area contributed by atoms with Crippen molar-refractivity contribution >= 4 is 23.6 Å². The molecule has 1 saturated heterocycles. The third-order valence-electron chi connectivity index (χ3n) is 2.27. The maximum Gasteiger partial charge on any atom is 0.240 e. The molecule has 80 valence electrons. The van der Waals surface area contributed by atoms with E-state index in [-0.39, 0.29) is 17.1 Å². The SMILES string of the molecule is Cc1occc1SC1CCC(=O)NC1=O. The first-order chi connectivity index (χ1) is 7.16. The highest BCUT2D eigenvalue weighted by Crippen LogP contribution is 2.30. The highest BCUT2D eigenvalue weighted by atomic mass is 32.2. The predicted octanol–water partition coefficient (Wildman–Crippen LogP) is 1.49. The van der Waals surface area contributed by atoms with Crippen molar-refractivity contribution < 1.29 is 14.0 Å². The highest BCUT2D eigenvalue weighted by molar-refractivity contribution is 8.00. The maximum absolute atomic E-state index is 11.5. The Bertz CT molecular complexity index is 399. The monoisotopic (exact) mass is 225 g/mol. The number of thioether (sulfide) groups is 1. The number of carbonyl (C=O) groups excluding carboxylic acids is 2. The molecule has 4 nitrogen and oxygen atoms in total. The average molecular weight is 225 g/mol. The first kappa shape index (κ1) is 10.3. The molecule has 1 N–H and O–H groups in total. The van der Waals surface area contributed by atoms with Gasteiger partial charge < -0.3 is 4.42 Å². The van der Waals surface area contributed by atoms with Crippen LogP contribution < -0.4 is 5.32 Å². The van der Waals surface area contributed by atoms with Crippen molar-refractivity contribution in [3.05, 3.63) is 18.1 Å². The van der Waals surface area contributed by atoms with Crippen LogP contribution in [0.15, 0.2) is 21.6 Å². The predicted molar refractivity (Wildman–Crippen MR) is 55.5 cm³/mol. The van der Waals surface area contributed by atoms with Gasteiger partial charge in [-0.3, -0.25) is 14.9 Å². The van der Waals surface area contributed by atoms with E-state index >= 15 is 0 Å². The molecular weight excluding hydrogens is 214 g/mol. The van der Waals surface area contributed by atoms with Crippen molar-refractivity contribution in [2.24, 2.45) is 0 Å². The third kappa shape index (κ3) is 2.23. The van der Waals surface area contributed by atoms with Crippen LogP contribution in [0.3, 0.4) is 0 Å². The molecule has 15 heavy (non-hydrogen) atoms. The van der Waals surface area contributed by atoms with Gasteiger partial charge in [0, 0.05) is 11.3 Å². The van der Waals surface area contributed by atoms with Crippen LogP contribution in [0.4, 0.5) is 0 Å². The largest absolute Gasteiger partial charge is 0.468 e. The lowest BCUT2D eigenvalue weighted by molar-refractivity contribution is -0.132. The van der Waals surface area contributed by atoms with E-state index < -0.39 is 0 Å². The lowest BCUT2D eigenvalue weighted by Gasteiger charge is -2.19. The average Bonchev–Trinajstić information content (AvgIpc) is 2.57. The number of furan rings is 1. The molecule has 0 saturated carbocycles. The van der Waals surface area contributed by atoms with Crippen molar-refractivity contribution in [3.8, 4) is 0 Å². The molecule has 1 aromatic heterocycles. The Morgan fingerprint density at radius 1 is 1.53 bits per heavy atom. The molecule has 1 aliphatic rings. The maximum atomic E-state index is 11.5. The fourth-order valence-corrected chi connectivity index (χ4v) is 2.49. The molecule has 1 fully saturated rings. The fraction of sp³-hybridized carbons (Fsp3) is 0.400. The minimum atomic E-state index is -0.197. The molecule has 1 atom stereocenters. The minimum absolute atomic E-state index is 0.180. The zero-order valence-electron chi connectivity index (χ0n) is 8.28. The van der Waals surface area contributed by atoms with E-state index in [9.17, 15) is 9.59 Å². The zero-order chi connectivity index (χ0) is 10.8. The van der Waals surface area contributed by atoms with Crippen LogP contribution in [-0.4, -0.2) is 17.1 Å². The molecule has 0 aliphatic carbocycles. The Labute approximate surface area is 91.4 Å². The van der Waals surface area contributed by atoms with Gasteiger partial charge in [0.1, 0.15) is 5.76 Å². The second kappa shape index (κ2) is 4.10. The minimum Gasteiger partial charge on any atom is -0.468 e. The topological polar surface area (TPSA) is 59.3 Å². The van der Waals surface area contributed by atoms with E-state index in [2.05, 4.69) is 5.32 Å². The van der Waals surface area contributed by atoms with Gasteiger partial charge in [-0.25, -0.2) is 0 Å². The summed E-state index contributed by atoms with van der Waals surface area (Å²) < 4.78 is 5.14. The van der Waals surface area contributed by atoms with Gasteiger partial charge in [-0.15, -0.1) is 11.8 Å². The standard InChI is InChI=1S/C10H11NO3S/c1-6-7(4-5-14-6)15-8-2-3-9(12)11-10(8)13/h4-5,8H,2-3H2,1H3,(H,11,12,13). The number of imide groups is 1. The van der Waals surface area contributed by atoms with Gasteiger partial charge in [0.05, 0.1) is 11.5 Å². The molecule has 2 rings (SSSR count). The smallest absolute Gasteiger partial charge is 0.240 e. The first-order valence-corrected chi connectivity index (χ1v) is 5.59. The molecule has 5 heteroatoms. The Hall–Kier alpha value is -1.23. The van der Waals surface area contributed by atoms with Gasteiger partial charge in [0.15, 0.2) is 0 Å². The summed E-state index contributed by atoms with van der Waals surface area (Å²) in [6.45, 7) is 1.86. The van der Waals surface area contributed by atoms with E-state index in [1.54, 1.807) is 6.26 Å². The summed E-state index contributed by atoms with van der Waals surface area (Å²) in [4.78, 5) is 23.4. The second-order valence-corrected chi connectivity index (χ2v) is 4.64.